The van der Waals surface area contributed by atoms with Crippen molar-refractivity contribution in [1.82, 2.24) is 14.9 Å². The van der Waals surface area contributed by atoms with E-state index in [-0.39, 0.29) is 0 Å². The third kappa shape index (κ3) is 2.50. The Bertz CT molecular complexity index is 673. The summed E-state index contributed by atoms with van der Waals surface area (Å²) in [6.07, 6.45) is 6.01. The van der Waals surface area contributed by atoms with Gasteiger partial charge < -0.3 is 4.90 Å². The summed E-state index contributed by atoms with van der Waals surface area (Å²) in [6, 6.07) is 8.20. The van der Waals surface area contributed by atoms with Gasteiger partial charge in [-0.3, -0.25) is 4.79 Å². The molecule has 1 amide bonds. The molecule has 108 valence electrons. The van der Waals surface area contributed by atoms with Gasteiger partial charge in [-0.2, -0.15) is 0 Å². The summed E-state index contributed by atoms with van der Waals surface area (Å²) in [4.78, 5) is 23.2. The molecule has 2 fully saturated rings. The molecular formula is C17H19N3O. The van der Waals surface area contributed by atoms with Crippen molar-refractivity contribution in [2.24, 2.45) is 5.92 Å². The van der Waals surface area contributed by atoms with Crippen LogP contribution in [0.2, 0.25) is 0 Å². The van der Waals surface area contributed by atoms with Crippen LogP contribution in [0, 0.1) is 5.92 Å². The third-order valence-electron chi connectivity index (χ3n) is 4.64. The van der Waals surface area contributed by atoms with E-state index in [9.17, 15) is 4.79 Å². The molecule has 1 saturated heterocycles. The fourth-order valence-electron chi connectivity index (χ4n) is 3.18. The number of piperidine rings is 1. The summed E-state index contributed by atoms with van der Waals surface area (Å²) in [5, 5.41) is 1.09. The van der Waals surface area contributed by atoms with Gasteiger partial charge in [-0.1, -0.05) is 0 Å². The first kappa shape index (κ1) is 12.7. The Morgan fingerprint density at radius 3 is 2.67 bits per heavy atom. The van der Waals surface area contributed by atoms with Crippen molar-refractivity contribution in [3.8, 4) is 0 Å². The van der Waals surface area contributed by atoms with Crippen molar-refractivity contribution < 1.29 is 4.79 Å². The molecule has 0 bridgehead atoms. The van der Waals surface area contributed by atoms with E-state index < -0.39 is 0 Å². The zero-order valence-electron chi connectivity index (χ0n) is 12.0. The van der Waals surface area contributed by atoms with Crippen LogP contribution in [0.1, 0.15) is 37.3 Å². The number of pyridine rings is 2. The normalized spacial score (nSPS) is 19.9. The van der Waals surface area contributed by atoms with Gasteiger partial charge in [0.05, 0.1) is 0 Å². The van der Waals surface area contributed by atoms with Crippen molar-refractivity contribution >= 4 is 16.9 Å². The lowest BCUT2D eigenvalue weighted by molar-refractivity contribution is -0.133. The number of amides is 1. The van der Waals surface area contributed by atoms with Crippen LogP contribution in [0.4, 0.5) is 0 Å². The molecule has 4 heteroatoms. The minimum absolute atomic E-state index is 0.338. The van der Waals surface area contributed by atoms with E-state index in [0.717, 1.165) is 55.5 Å². The van der Waals surface area contributed by atoms with E-state index in [1.165, 1.54) is 0 Å². The van der Waals surface area contributed by atoms with Crippen LogP contribution >= 0.6 is 0 Å². The van der Waals surface area contributed by atoms with Crippen molar-refractivity contribution in [3.63, 3.8) is 0 Å². The minimum Gasteiger partial charge on any atom is -0.342 e. The third-order valence-corrected chi connectivity index (χ3v) is 4.64. The molecule has 1 aliphatic heterocycles. The van der Waals surface area contributed by atoms with Crippen LogP contribution in [0.15, 0.2) is 30.5 Å². The van der Waals surface area contributed by atoms with E-state index in [2.05, 4.69) is 17.1 Å². The molecule has 4 nitrogen and oxygen atoms in total. The lowest BCUT2D eigenvalue weighted by Gasteiger charge is -2.32. The number of rotatable bonds is 2. The van der Waals surface area contributed by atoms with E-state index in [1.54, 1.807) is 6.20 Å². The van der Waals surface area contributed by atoms with Crippen LogP contribution in [-0.2, 0) is 4.79 Å². The Morgan fingerprint density at radius 2 is 1.90 bits per heavy atom. The van der Waals surface area contributed by atoms with Crippen molar-refractivity contribution in [3.05, 3.63) is 36.2 Å². The van der Waals surface area contributed by atoms with Gasteiger partial charge in [-0.05, 0) is 49.9 Å². The van der Waals surface area contributed by atoms with Gasteiger partial charge in [0.25, 0.3) is 0 Å². The Kier molecular flexibility index (Phi) is 3.09. The molecular weight excluding hydrogens is 262 g/mol. The SMILES string of the molecule is O=C(C1CC1)N1CCC(c2ccc3cccnc3n2)CC1. The molecule has 0 N–H and O–H groups in total. The fourth-order valence-corrected chi connectivity index (χ4v) is 3.18. The first-order valence-corrected chi connectivity index (χ1v) is 7.82. The van der Waals surface area contributed by atoms with Crippen LogP contribution in [0.5, 0.6) is 0 Å². The second-order valence-electron chi connectivity index (χ2n) is 6.16. The first-order chi connectivity index (χ1) is 10.3. The Balaban J connectivity index is 1.48. The number of hydrogen-bond donors (Lipinski definition) is 0. The maximum absolute atomic E-state index is 12.1. The summed E-state index contributed by atoms with van der Waals surface area (Å²) in [5.74, 6) is 1.17. The highest BCUT2D eigenvalue weighted by atomic mass is 16.2. The van der Waals surface area contributed by atoms with Crippen LogP contribution in [-0.4, -0.2) is 33.9 Å². The quantitative estimate of drug-likeness (QED) is 0.850. The summed E-state index contributed by atoms with van der Waals surface area (Å²) >= 11 is 0. The summed E-state index contributed by atoms with van der Waals surface area (Å²) < 4.78 is 0. The molecule has 3 heterocycles. The predicted octanol–water partition coefficient (Wildman–Crippen LogP) is 2.75. The highest BCUT2D eigenvalue weighted by molar-refractivity contribution is 5.81. The lowest BCUT2D eigenvalue weighted by Crippen LogP contribution is -2.38. The van der Waals surface area contributed by atoms with Gasteiger partial charge in [-0.25, -0.2) is 9.97 Å². The zero-order valence-corrected chi connectivity index (χ0v) is 12.0. The molecule has 2 aliphatic rings. The maximum atomic E-state index is 12.1. The highest BCUT2D eigenvalue weighted by Crippen LogP contribution is 2.34. The number of carbonyl (C=O) groups excluding carboxylic acids is 1. The zero-order chi connectivity index (χ0) is 14.2. The summed E-state index contributed by atoms with van der Waals surface area (Å²) in [6.45, 7) is 1.75. The van der Waals surface area contributed by atoms with Crippen molar-refractivity contribution in [2.75, 3.05) is 13.1 Å². The van der Waals surface area contributed by atoms with Gasteiger partial charge in [0.2, 0.25) is 5.91 Å². The number of hydrogen-bond acceptors (Lipinski definition) is 3. The standard InChI is InChI=1S/C17H19N3O/c21-17(14-3-4-14)20-10-7-12(8-11-20)15-6-5-13-2-1-9-18-16(13)19-15/h1-2,5-6,9,12,14H,3-4,7-8,10-11H2. The van der Waals surface area contributed by atoms with Gasteiger partial charge in [0, 0.05) is 42.2 Å². The smallest absolute Gasteiger partial charge is 0.225 e. The molecule has 4 rings (SSSR count). The Labute approximate surface area is 124 Å². The van der Waals surface area contributed by atoms with E-state index >= 15 is 0 Å². The lowest BCUT2D eigenvalue weighted by atomic mass is 9.92. The predicted molar refractivity (Wildman–Crippen MR) is 80.8 cm³/mol. The Morgan fingerprint density at radius 1 is 1.10 bits per heavy atom. The number of aromatic nitrogens is 2. The number of nitrogens with zero attached hydrogens (tertiary/aromatic N) is 3. The Hall–Kier alpha value is -1.97. The molecule has 2 aromatic heterocycles. The molecule has 0 atom stereocenters. The average Bonchev–Trinajstić information content (AvgIpc) is 3.39. The highest BCUT2D eigenvalue weighted by Gasteiger charge is 2.35. The number of carbonyl (C=O) groups is 1. The molecule has 0 unspecified atom stereocenters. The second-order valence-corrected chi connectivity index (χ2v) is 6.16. The monoisotopic (exact) mass is 281 g/mol. The van der Waals surface area contributed by atoms with Crippen molar-refractivity contribution in [2.45, 2.75) is 31.6 Å². The largest absolute Gasteiger partial charge is 0.342 e. The first-order valence-electron chi connectivity index (χ1n) is 7.82. The van der Waals surface area contributed by atoms with Gasteiger partial charge >= 0.3 is 0 Å². The average molecular weight is 281 g/mol. The van der Waals surface area contributed by atoms with Gasteiger partial charge in [0.1, 0.15) is 0 Å². The molecule has 2 aromatic rings. The van der Waals surface area contributed by atoms with Crippen molar-refractivity contribution in [1.29, 1.82) is 0 Å². The number of likely N-dealkylation sites (tertiary alicyclic amines) is 1. The second kappa shape index (κ2) is 5.10. The molecule has 0 aromatic carbocycles. The van der Waals surface area contributed by atoms with E-state index in [1.807, 2.05) is 17.0 Å². The fraction of sp³-hybridized carbons (Fsp3) is 0.471. The summed E-state index contributed by atoms with van der Waals surface area (Å²) in [7, 11) is 0. The van der Waals surface area contributed by atoms with Crippen LogP contribution < -0.4 is 0 Å². The molecule has 0 radical (unpaired) electrons. The molecule has 1 aliphatic carbocycles. The molecule has 1 saturated carbocycles. The van der Waals surface area contributed by atoms with Gasteiger partial charge in [-0.15, -0.1) is 0 Å². The number of fused-ring (bicyclic) bond motifs is 1. The van der Waals surface area contributed by atoms with E-state index in [0.29, 0.717) is 17.7 Å². The minimum atomic E-state index is 0.338. The maximum Gasteiger partial charge on any atom is 0.225 e. The van der Waals surface area contributed by atoms with Crippen LogP contribution in [0.25, 0.3) is 11.0 Å². The van der Waals surface area contributed by atoms with E-state index in [4.69, 9.17) is 4.98 Å². The van der Waals surface area contributed by atoms with Gasteiger partial charge in [0.15, 0.2) is 5.65 Å². The molecule has 0 spiro atoms. The van der Waals surface area contributed by atoms with Crippen LogP contribution in [0.3, 0.4) is 0 Å². The topological polar surface area (TPSA) is 46.1 Å². The summed E-state index contributed by atoms with van der Waals surface area (Å²) in [5.41, 5.74) is 1.95. The molecule has 21 heavy (non-hydrogen) atoms.